The number of nitrogens with zero attached hydrogens (tertiary/aromatic N) is 1. The van der Waals surface area contributed by atoms with Crippen LogP contribution < -0.4 is 11.5 Å². The minimum Gasteiger partial charge on any atom is -0.398 e. The zero-order valence-corrected chi connectivity index (χ0v) is 8.03. The number of methoxy groups -OCH3 is 1. The second kappa shape index (κ2) is 4.61. The molecule has 14 heavy (non-hydrogen) atoms. The van der Waals surface area contributed by atoms with Crippen molar-refractivity contribution in [2.24, 2.45) is 5.73 Å². The lowest BCUT2D eigenvalue weighted by Crippen LogP contribution is -2.17. The zero-order valence-electron chi connectivity index (χ0n) is 8.03. The van der Waals surface area contributed by atoms with Crippen LogP contribution in [0.4, 0.5) is 5.69 Å². The molecule has 0 fully saturated rings. The van der Waals surface area contributed by atoms with Crippen LogP contribution in [-0.4, -0.2) is 13.7 Å². The van der Waals surface area contributed by atoms with E-state index < -0.39 is 0 Å². The number of ether oxygens (including phenoxy) is 1. The van der Waals surface area contributed by atoms with E-state index in [2.05, 4.69) is 0 Å². The minimum absolute atomic E-state index is 0.243. The van der Waals surface area contributed by atoms with Gasteiger partial charge in [-0.3, -0.25) is 0 Å². The van der Waals surface area contributed by atoms with Crippen molar-refractivity contribution in [3.63, 3.8) is 0 Å². The van der Waals surface area contributed by atoms with Gasteiger partial charge in [-0.25, -0.2) is 0 Å². The molecule has 0 heterocycles. The van der Waals surface area contributed by atoms with Gasteiger partial charge in [0.25, 0.3) is 0 Å². The Morgan fingerprint density at radius 2 is 2.29 bits per heavy atom. The van der Waals surface area contributed by atoms with E-state index in [0.717, 1.165) is 5.56 Å². The highest BCUT2D eigenvalue weighted by molar-refractivity contribution is 5.53. The number of hydrogen-bond acceptors (Lipinski definition) is 4. The van der Waals surface area contributed by atoms with Gasteiger partial charge in [-0.2, -0.15) is 5.26 Å². The second-order valence-corrected chi connectivity index (χ2v) is 3.02. The maximum Gasteiger partial charge on any atom is 0.0992 e. The fourth-order valence-electron chi connectivity index (χ4n) is 1.25. The summed E-state index contributed by atoms with van der Waals surface area (Å²) in [7, 11) is 1.58. The van der Waals surface area contributed by atoms with Crippen molar-refractivity contribution in [3.05, 3.63) is 29.3 Å². The molecule has 1 unspecified atom stereocenters. The fraction of sp³-hybridized carbons (Fsp3) is 0.300. The Kier molecular flexibility index (Phi) is 3.46. The third-order valence-corrected chi connectivity index (χ3v) is 1.96. The van der Waals surface area contributed by atoms with Crippen molar-refractivity contribution in [3.8, 4) is 6.07 Å². The molecule has 0 radical (unpaired) electrons. The molecule has 0 bridgehead atoms. The average molecular weight is 191 g/mol. The summed E-state index contributed by atoms with van der Waals surface area (Å²) in [5, 5.41) is 8.63. The molecule has 1 atom stereocenters. The molecule has 74 valence electrons. The minimum atomic E-state index is -0.243. The summed E-state index contributed by atoms with van der Waals surface area (Å²) in [6, 6.07) is 6.84. The van der Waals surface area contributed by atoms with Crippen molar-refractivity contribution >= 4 is 5.69 Å². The van der Waals surface area contributed by atoms with E-state index in [1.54, 1.807) is 25.3 Å². The van der Waals surface area contributed by atoms with E-state index in [1.807, 2.05) is 6.07 Å². The van der Waals surface area contributed by atoms with Gasteiger partial charge in [0.15, 0.2) is 0 Å². The maximum atomic E-state index is 8.63. The normalized spacial score (nSPS) is 12.1. The summed E-state index contributed by atoms with van der Waals surface area (Å²) >= 11 is 0. The van der Waals surface area contributed by atoms with Crippen LogP contribution in [0, 0.1) is 11.3 Å². The lowest BCUT2D eigenvalue weighted by molar-refractivity contribution is 0.181. The number of benzene rings is 1. The lowest BCUT2D eigenvalue weighted by atomic mass is 10.0. The van der Waals surface area contributed by atoms with Gasteiger partial charge in [-0.05, 0) is 17.7 Å². The van der Waals surface area contributed by atoms with Crippen molar-refractivity contribution in [1.82, 2.24) is 0 Å². The Hall–Kier alpha value is -1.57. The number of anilines is 1. The van der Waals surface area contributed by atoms with Crippen LogP contribution >= 0.6 is 0 Å². The largest absolute Gasteiger partial charge is 0.398 e. The van der Waals surface area contributed by atoms with E-state index in [1.165, 1.54) is 0 Å². The highest BCUT2D eigenvalue weighted by Gasteiger charge is 2.09. The van der Waals surface area contributed by atoms with Gasteiger partial charge in [-0.15, -0.1) is 0 Å². The van der Waals surface area contributed by atoms with Crippen LogP contribution in [0.15, 0.2) is 18.2 Å². The lowest BCUT2D eigenvalue weighted by Gasteiger charge is -2.13. The molecule has 0 aliphatic rings. The van der Waals surface area contributed by atoms with Crippen molar-refractivity contribution < 1.29 is 4.74 Å². The summed E-state index contributed by atoms with van der Waals surface area (Å²) < 4.78 is 4.92. The standard InChI is InChI=1S/C10H13N3O/c1-14-6-10(13)8-3-2-7(5-11)4-9(8)12/h2-4,10H,6,12-13H2,1H3. The molecule has 4 nitrogen and oxygen atoms in total. The summed E-state index contributed by atoms with van der Waals surface area (Å²) in [6.45, 7) is 0.413. The van der Waals surface area contributed by atoms with Gasteiger partial charge in [0, 0.05) is 12.8 Å². The number of nitriles is 1. The predicted octanol–water partition coefficient (Wildman–Crippen LogP) is 0.787. The monoisotopic (exact) mass is 191 g/mol. The van der Waals surface area contributed by atoms with Crippen LogP contribution in [0.25, 0.3) is 0 Å². The quantitative estimate of drug-likeness (QED) is 0.691. The third-order valence-electron chi connectivity index (χ3n) is 1.96. The zero-order chi connectivity index (χ0) is 10.6. The first-order valence-electron chi connectivity index (χ1n) is 4.23. The summed E-state index contributed by atoms with van der Waals surface area (Å²) in [5.41, 5.74) is 13.4. The molecule has 0 aromatic heterocycles. The molecule has 1 aromatic carbocycles. The molecule has 0 aliphatic carbocycles. The first kappa shape index (κ1) is 10.5. The van der Waals surface area contributed by atoms with Gasteiger partial charge < -0.3 is 16.2 Å². The van der Waals surface area contributed by atoms with E-state index in [4.69, 9.17) is 21.5 Å². The molecule has 4 N–H and O–H groups in total. The third kappa shape index (κ3) is 2.22. The Morgan fingerprint density at radius 1 is 1.57 bits per heavy atom. The van der Waals surface area contributed by atoms with Crippen LogP contribution in [0.3, 0.4) is 0 Å². The van der Waals surface area contributed by atoms with Crippen molar-refractivity contribution in [2.45, 2.75) is 6.04 Å². The molecule has 0 aliphatic heterocycles. The fourth-order valence-corrected chi connectivity index (χ4v) is 1.25. The van der Waals surface area contributed by atoms with E-state index in [0.29, 0.717) is 17.9 Å². The van der Waals surface area contributed by atoms with Crippen LogP contribution in [0.5, 0.6) is 0 Å². The van der Waals surface area contributed by atoms with Crippen molar-refractivity contribution in [2.75, 3.05) is 19.5 Å². The summed E-state index contributed by atoms with van der Waals surface area (Å²) in [4.78, 5) is 0. The predicted molar refractivity (Wildman–Crippen MR) is 54.4 cm³/mol. The molecular formula is C10H13N3O. The Bertz CT molecular complexity index is 357. The maximum absolute atomic E-state index is 8.63. The van der Waals surface area contributed by atoms with Gasteiger partial charge in [0.05, 0.1) is 24.3 Å². The van der Waals surface area contributed by atoms with Crippen LogP contribution in [0.2, 0.25) is 0 Å². The van der Waals surface area contributed by atoms with Crippen LogP contribution in [-0.2, 0) is 4.74 Å². The van der Waals surface area contributed by atoms with E-state index >= 15 is 0 Å². The smallest absolute Gasteiger partial charge is 0.0992 e. The number of nitrogen functional groups attached to an aromatic ring is 1. The van der Waals surface area contributed by atoms with E-state index in [-0.39, 0.29) is 6.04 Å². The number of hydrogen-bond donors (Lipinski definition) is 2. The molecule has 4 heteroatoms. The second-order valence-electron chi connectivity index (χ2n) is 3.02. The van der Waals surface area contributed by atoms with Crippen LogP contribution in [0.1, 0.15) is 17.2 Å². The molecule has 1 rings (SSSR count). The average Bonchev–Trinajstić information content (AvgIpc) is 2.17. The van der Waals surface area contributed by atoms with Crippen molar-refractivity contribution in [1.29, 1.82) is 5.26 Å². The molecule has 0 amide bonds. The topological polar surface area (TPSA) is 85.1 Å². The number of nitrogens with two attached hydrogens (primary N) is 2. The molecule has 0 saturated carbocycles. The van der Waals surface area contributed by atoms with Gasteiger partial charge in [0.2, 0.25) is 0 Å². The summed E-state index contributed by atoms with van der Waals surface area (Å²) in [5.74, 6) is 0. The summed E-state index contributed by atoms with van der Waals surface area (Å²) in [6.07, 6.45) is 0. The highest BCUT2D eigenvalue weighted by Crippen LogP contribution is 2.19. The highest BCUT2D eigenvalue weighted by atomic mass is 16.5. The Morgan fingerprint density at radius 3 is 2.79 bits per heavy atom. The Labute approximate surface area is 83.1 Å². The molecule has 0 spiro atoms. The van der Waals surface area contributed by atoms with Gasteiger partial charge in [0.1, 0.15) is 0 Å². The molecule has 0 saturated heterocycles. The Balaban J connectivity index is 2.95. The molecular weight excluding hydrogens is 178 g/mol. The number of rotatable bonds is 3. The first-order valence-corrected chi connectivity index (χ1v) is 4.23. The van der Waals surface area contributed by atoms with Gasteiger partial charge in [-0.1, -0.05) is 6.07 Å². The van der Waals surface area contributed by atoms with Gasteiger partial charge >= 0.3 is 0 Å². The van der Waals surface area contributed by atoms with E-state index in [9.17, 15) is 0 Å². The SMILES string of the molecule is COCC(N)c1ccc(C#N)cc1N. The molecule has 1 aromatic rings. The first-order chi connectivity index (χ1) is 6.69.